The number of nitrogens with zero attached hydrogens (tertiary/aromatic N) is 3. The summed E-state index contributed by atoms with van der Waals surface area (Å²) in [7, 11) is 0. The molecule has 0 aliphatic rings. The smallest absolute Gasteiger partial charge is 0.244 e. The highest BCUT2D eigenvalue weighted by molar-refractivity contribution is 5.93. The van der Waals surface area contributed by atoms with Gasteiger partial charge in [0.1, 0.15) is 5.69 Å². The van der Waals surface area contributed by atoms with Crippen molar-refractivity contribution >= 4 is 33.7 Å². The number of hydrazone groups is 1. The van der Waals surface area contributed by atoms with Crippen LogP contribution in [0.5, 0.6) is 0 Å². The van der Waals surface area contributed by atoms with Crippen molar-refractivity contribution in [3.05, 3.63) is 133 Å². The molecule has 0 aliphatic heterocycles. The number of fused-ring (bicyclic) bond motifs is 2. The average Bonchev–Trinajstić information content (AvgIpc) is 3.37. The number of hydrogen-bond donors (Lipinski definition) is 1. The number of hydrogen-bond acceptors (Lipinski definition) is 3. The molecular formula is C32H24N4O. The van der Waals surface area contributed by atoms with Gasteiger partial charge in [0, 0.05) is 22.7 Å². The summed E-state index contributed by atoms with van der Waals surface area (Å²) in [5.41, 5.74) is 7.23. The summed E-state index contributed by atoms with van der Waals surface area (Å²) in [4.78, 5) is 12.7. The Labute approximate surface area is 214 Å². The molecule has 0 atom stereocenters. The summed E-state index contributed by atoms with van der Waals surface area (Å²) in [6.07, 6.45) is 3.86. The van der Waals surface area contributed by atoms with Crippen molar-refractivity contribution in [2.24, 2.45) is 5.10 Å². The van der Waals surface area contributed by atoms with E-state index in [-0.39, 0.29) is 12.3 Å². The molecule has 6 aromatic rings. The third-order valence-electron chi connectivity index (χ3n) is 6.43. The van der Waals surface area contributed by atoms with Crippen LogP contribution in [-0.2, 0) is 11.2 Å². The summed E-state index contributed by atoms with van der Waals surface area (Å²) in [5, 5.41) is 13.7. The lowest BCUT2D eigenvalue weighted by Crippen LogP contribution is -2.19. The van der Waals surface area contributed by atoms with Crippen LogP contribution in [0.1, 0.15) is 11.1 Å². The minimum atomic E-state index is -0.171. The molecule has 0 saturated carbocycles. The van der Waals surface area contributed by atoms with E-state index in [1.54, 1.807) is 6.21 Å². The Morgan fingerprint density at radius 2 is 1.41 bits per heavy atom. The van der Waals surface area contributed by atoms with Crippen molar-refractivity contribution in [1.82, 2.24) is 15.2 Å². The minimum absolute atomic E-state index is 0.171. The Bertz CT molecular complexity index is 1740. The van der Waals surface area contributed by atoms with Gasteiger partial charge in [0.2, 0.25) is 5.91 Å². The molecule has 0 bridgehead atoms. The molecule has 0 radical (unpaired) electrons. The Morgan fingerprint density at radius 1 is 0.757 bits per heavy atom. The van der Waals surface area contributed by atoms with Crippen LogP contribution in [0.3, 0.4) is 0 Å². The molecule has 0 spiro atoms. The van der Waals surface area contributed by atoms with Crippen LogP contribution in [-0.4, -0.2) is 21.9 Å². The monoisotopic (exact) mass is 480 g/mol. The van der Waals surface area contributed by atoms with Crippen LogP contribution in [0.15, 0.2) is 127 Å². The fourth-order valence-corrected chi connectivity index (χ4v) is 4.67. The number of carbonyl (C=O) groups is 1. The summed E-state index contributed by atoms with van der Waals surface area (Å²) in [6.45, 7) is 0. The first-order chi connectivity index (χ1) is 18.3. The van der Waals surface area contributed by atoms with Gasteiger partial charge >= 0.3 is 0 Å². The first-order valence-corrected chi connectivity index (χ1v) is 12.2. The predicted molar refractivity (Wildman–Crippen MR) is 150 cm³/mol. The Kier molecular flexibility index (Phi) is 6.01. The normalized spacial score (nSPS) is 11.4. The zero-order valence-electron chi connectivity index (χ0n) is 20.1. The van der Waals surface area contributed by atoms with Gasteiger partial charge in [0.05, 0.1) is 18.3 Å². The molecule has 1 aromatic heterocycles. The molecule has 0 unspecified atom stereocenters. The second-order valence-electron chi connectivity index (χ2n) is 8.85. The predicted octanol–water partition coefficient (Wildman–Crippen LogP) is 6.54. The van der Waals surface area contributed by atoms with Crippen molar-refractivity contribution in [3.8, 4) is 16.9 Å². The van der Waals surface area contributed by atoms with Crippen LogP contribution < -0.4 is 5.43 Å². The van der Waals surface area contributed by atoms with Crippen LogP contribution in [0.4, 0.5) is 0 Å². The zero-order chi connectivity index (χ0) is 25.0. The van der Waals surface area contributed by atoms with E-state index in [2.05, 4.69) is 34.8 Å². The molecule has 37 heavy (non-hydrogen) atoms. The van der Waals surface area contributed by atoms with E-state index in [9.17, 15) is 4.79 Å². The van der Waals surface area contributed by atoms with Gasteiger partial charge in [-0.05, 0) is 27.8 Å². The van der Waals surface area contributed by atoms with Crippen LogP contribution in [0.2, 0.25) is 0 Å². The van der Waals surface area contributed by atoms with Crippen molar-refractivity contribution < 1.29 is 4.79 Å². The molecule has 1 heterocycles. The van der Waals surface area contributed by atoms with E-state index in [4.69, 9.17) is 5.10 Å². The first-order valence-electron chi connectivity index (χ1n) is 12.2. The largest absolute Gasteiger partial charge is 0.273 e. The lowest BCUT2D eigenvalue weighted by atomic mass is 10.0. The topological polar surface area (TPSA) is 59.3 Å². The van der Waals surface area contributed by atoms with E-state index in [1.807, 2.05) is 102 Å². The second-order valence-corrected chi connectivity index (χ2v) is 8.85. The first kappa shape index (κ1) is 22.4. The highest BCUT2D eigenvalue weighted by Crippen LogP contribution is 2.26. The van der Waals surface area contributed by atoms with Gasteiger partial charge in [-0.3, -0.25) is 4.79 Å². The Hall–Kier alpha value is -5.03. The Morgan fingerprint density at radius 3 is 2.22 bits per heavy atom. The van der Waals surface area contributed by atoms with Crippen molar-refractivity contribution in [3.63, 3.8) is 0 Å². The molecule has 6 rings (SSSR count). The highest BCUT2D eigenvalue weighted by Gasteiger charge is 2.13. The van der Waals surface area contributed by atoms with Gasteiger partial charge in [0.15, 0.2) is 0 Å². The highest BCUT2D eigenvalue weighted by atomic mass is 16.2. The van der Waals surface area contributed by atoms with E-state index < -0.39 is 0 Å². The standard InChI is InChI=1S/C32H24N4O/c37-31(20-26-16-8-14-23-10-4-6-17-28(23)26)34-33-21-27-22-36(35-32(27)25-12-2-1-3-13-25)30-19-9-15-24-11-5-7-18-29(24)30/h1-19,21-22H,20H2,(H,34,37)/b33-21-. The molecule has 5 aromatic carbocycles. The number of nitrogens with one attached hydrogen (secondary N) is 1. The molecule has 0 aliphatic carbocycles. The fourth-order valence-electron chi connectivity index (χ4n) is 4.67. The van der Waals surface area contributed by atoms with E-state index in [0.717, 1.165) is 49.6 Å². The molecule has 1 N–H and O–H groups in total. The number of amides is 1. The Balaban J connectivity index is 1.29. The van der Waals surface area contributed by atoms with E-state index in [1.165, 1.54) is 0 Å². The molecule has 0 fully saturated rings. The average molecular weight is 481 g/mol. The van der Waals surface area contributed by atoms with Gasteiger partial charge in [-0.1, -0.05) is 109 Å². The summed E-state index contributed by atoms with van der Waals surface area (Å²) >= 11 is 0. The fraction of sp³-hybridized carbons (Fsp3) is 0.0312. The molecule has 5 heteroatoms. The maximum absolute atomic E-state index is 12.7. The molecular weight excluding hydrogens is 456 g/mol. The van der Waals surface area contributed by atoms with Crippen molar-refractivity contribution in [1.29, 1.82) is 0 Å². The van der Waals surface area contributed by atoms with Gasteiger partial charge in [-0.2, -0.15) is 10.2 Å². The minimum Gasteiger partial charge on any atom is -0.273 e. The van der Waals surface area contributed by atoms with Gasteiger partial charge in [-0.25, -0.2) is 10.1 Å². The molecule has 0 saturated heterocycles. The molecule has 5 nitrogen and oxygen atoms in total. The second kappa shape index (κ2) is 9.91. The zero-order valence-corrected chi connectivity index (χ0v) is 20.1. The SMILES string of the molecule is O=C(Cc1cccc2ccccc12)N/N=C\c1cn(-c2cccc3ccccc23)nc1-c1ccccc1. The molecule has 1 amide bonds. The van der Waals surface area contributed by atoms with Gasteiger partial charge in [-0.15, -0.1) is 0 Å². The number of aromatic nitrogens is 2. The van der Waals surface area contributed by atoms with E-state index in [0.29, 0.717) is 0 Å². The number of rotatable bonds is 6. The quantitative estimate of drug-likeness (QED) is 0.217. The third-order valence-corrected chi connectivity index (χ3v) is 6.43. The number of carbonyl (C=O) groups excluding carboxylic acids is 1. The van der Waals surface area contributed by atoms with Crippen LogP contribution in [0, 0.1) is 0 Å². The maximum atomic E-state index is 12.7. The van der Waals surface area contributed by atoms with Gasteiger partial charge < -0.3 is 0 Å². The van der Waals surface area contributed by atoms with Crippen molar-refractivity contribution in [2.75, 3.05) is 0 Å². The van der Waals surface area contributed by atoms with Crippen LogP contribution >= 0.6 is 0 Å². The third kappa shape index (κ3) is 4.62. The summed E-state index contributed by atoms with van der Waals surface area (Å²) < 4.78 is 1.88. The van der Waals surface area contributed by atoms with E-state index >= 15 is 0 Å². The summed E-state index contributed by atoms with van der Waals surface area (Å²) in [6, 6.07) is 38.5. The lowest BCUT2D eigenvalue weighted by Gasteiger charge is -2.06. The molecule has 178 valence electrons. The van der Waals surface area contributed by atoms with Crippen molar-refractivity contribution in [2.45, 2.75) is 6.42 Å². The number of benzene rings is 5. The maximum Gasteiger partial charge on any atom is 0.244 e. The van der Waals surface area contributed by atoms with Crippen LogP contribution in [0.25, 0.3) is 38.5 Å². The lowest BCUT2D eigenvalue weighted by molar-refractivity contribution is -0.120. The summed E-state index contributed by atoms with van der Waals surface area (Å²) in [5.74, 6) is -0.171. The van der Waals surface area contributed by atoms with Gasteiger partial charge in [0.25, 0.3) is 0 Å².